The monoisotopic (exact) mass is 350 g/mol. The molecule has 0 bridgehead atoms. The highest BCUT2D eigenvalue weighted by atomic mass is 32.2. The summed E-state index contributed by atoms with van der Waals surface area (Å²) >= 11 is 1.68. The molecule has 0 spiro atoms. The summed E-state index contributed by atoms with van der Waals surface area (Å²) in [5, 5.41) is 3.20. The molecular weight excluding hydrogens is 328 g/mol. The molecule has 0 unspecified atom stereocenters. The van der Waals surface area contributed by atoms with Crippen LogP contribution in [0, 0.1) is 0 Å². The molecule has 0 N–H and O–H groups in total. The van der Waals surface area contributed by atoms with Crippen molar-refractivity contribution in [2.24, 2.45) is 0 Å². The summed E-state index contributed by atoms with van der Waals surface area (Å²) in [5.41, 5.74) is 3.98. The lowest BCUT2D eigenvalue weighted by Crippen LogP contribution is -2.34. The van der Waals surface area contributed by atoms with Gasteiger partial charge in [-0.05, 0) is 30.5 Å². The maximum absolute atomic E-state index is 11.9. The first kappa shape index (κ1) is 16.5. The Labute approximate surface area is 142 Å². The fourth-order valence-corrected chi connectivity index (χ4v) is 4.73. The van der Waals surface area contributed by atoms with Crippen molar-refractivity contribution < 1.29 is 8.42 Å². The summed E-state index contributed by atoms with van der Waals surface area (Å²) in [6.07, 6.45) is 3.03. The lowest BCUT2D eigenvalue weighted by molar-refractivity contribution is 0.586. The smallest absolute Gasteiger partial charge is 0.232 e. The first-order valence-corrected chi connectivity index (χ1v) is 10.5. The zero-order valence-electron chi connectivity index (χ0n) is 14.0. The second-order valence-electron chi connectivity index (χ2n) is 7.07. The largest absolute Gasteiger partial charge is 0.270 e. The number of thiazole rings is 1. The Morgan fingerprint density at radius 3 is 2.61 bits per heavy atom. The SMILES string of the molecule is CC(C)(C)c1nc(-c2ccc3c(c2)CCCN3S(C)(=O)=O)cs1. The lowest BCUT2D eigenvalue weighted by Gasteiger charge is -2.29. The Balaban J connectivity index is 2.00. The van der Waals surface area contributed by atoms with Crippen LogP contribution >= 0.6 is 11.3 Å². The molecule has 124 valence electrons. The van der Waals surface area contributed by atoms with Crippen molar-refractivity contribution in [2.45, 2.75) is 39.0 Å². The van der Waals surface area contributed by atoms with Gasteiger partial charge < -0.3 is 0 Å². The summed E-state index contributed by atoms with van der Waals surface area (Å²) in [4.78, 5) is 4.76. The van der Waals surface area contributed by atoms with Crippen molar-refractivity contribution in [2.75, 3.05) is 17.1 Å². The van der Waals surface area contributed by atoms with Crippen LogP contribution in [0.5, 0.6) is 0 Å². The standard InChI is InChI=1S/C17H22N2O2S2/c1-17(2,3)16-18-14(11-22-16)12-7-8-15-13(10-12)6-5-9-19(15)23(4,20)21/h7-8,10-11H,5-6,9H2,1-4H3. The predicted molar refractivity (Wildman–Crippen MR) is 96.8 cm³/mol. The normalized spacial score (nSPS) is 15.6. The second-order valence-corrected chi connectivity index (χ2v) is 9.83. The van der Waals surface area contributed by atoms with E-state index in [1.807, 2.05) is 12.1 Å². The zero-order valence-corrected chi connectivity index (χ0v) is 15.6. The quantitative estimate of drug-likeness (QED) is 0.827. The summed E-state index contributed by atoms with van der Waals surface area (Å²) in [5.74, 6) is 0. The average molecular weight is 351 g/mol. The number of aryl methyl sites for hydroxylation is 1. The van der Waals surface area contributed by atoms with Crippen LogP contribution in [0.2, 0.25) is 0 Å². The van der Waals surface area contributed by atoms with Crippen LogP contribution in [0.15, 0.2) is 23.6 Å². The van der Waals surface area contributed by atoms with E-state index in [4.69, 9.17) is 4.98 Å². The highest BCUT2D eigenvalue weighted by molar-refractivity contribution is 7.92. The van der Waals surface area contributed by atoms with Crippen LogP contribution in [-0.4, -0.2) is 26.2 Å². The van der Waals surface area contributed by atoms with Crippen molar-refractivity contribution in [3.63, 3.8) is 0 Å². The molecule has 0 aliphatic carbocycles. The second kappa shape index (κ2) is 5.60. The van der Waals surface area contributed by atoms with Gasteiger partial charge in [-0.2, -0.15) is 0 Å². The van der Waals surface area contributed by atoms with E-state index in [0.717, 1.165) is 40.4 Å². The van der Waals surface area contributed by atoms with Gasteiger partial charge >= 0.3 is 0 Å². The van der Waals surface area contributed by atoms with Crippen molar-refractivity contribution in [3.8, 4) is 11.3 Å². The van der Waals surface area contributed by atoms with E-state index >= 15 is 0 Å². The Hall–Kier alpha value is -1.40. The van der Waals surface area contributed by atoms with Crippen molar-refractivity contribution in [1.82, 2.24) is 4.98 Å². The van der Waals surface area contributed by atoms with Gasteiger partial charge in [-0.15, -0.1) is 11.3 Å². The zero-order chi connectivity index (χ0) is 16.8. The minimum absolute atomic E-state index is 0.0458. The minimum Gasteiger partial charge on any atom is -0.270 e. The fourth-order valence-electron chi connectivity index (χ4n) is 2.82. The van der Waals surface area contributed by atoms with Gasteiger partial charge in [-0.25, -0.2) is 13.4 Å². The topological polar surface area (TPSA) is 50.3 Å². The van der Waals surface area contributed by atoms with Crippen LogP contribution in [0.1, 0.15) is 37.8 Å². The van der Waals surface area contributed by atoms with Crippen LogP contribution in [0.25, 0.3) is 11.3 Å². The van der Waals surface area contributed by atoms with Crippen molar-refractivity contribution in [3.05, 3.63) is 34.2 Å². The number of fused-ring (bicyclic) bond motifs is 1. The summed E-state index contributed by atoms with van der Waals surface area (Å²) < 4.78 is 25.4. The highest BCUT2D eigenvalue weighted by Crippen LogP contribution is 2.35. The van der Waals surface area contributed by atoms with Crippen LogP contribution in [0.3, 0.4) is 0 Å². The average Bonchev–Trinajstić information content (AvgIpc) is 2.95. The van der Waals surface area contributed by atoms with Gasteiger partial charge in [-0.3, -0.25) is 4.31 Å². The Bertz CT molecular complexity index is 833. The van der Waals surface area contributed by atoms with E-state index in [1.54, 1.807) is 11.3 Å². The molecule has 0 fully saturated rings. The summed E-state index contributed by atoms with van der Waals surface area (Å²) in [6, 6.07) is 5.99. The maximum atomic E-state index is 11.9. The van der Waals surface area contributed by atoms with Gasteiger partial charge in [0.2, 0.25) is 10.0 Å². The molecule has 2 aromatic rings. The summed E-state index contributed by atoms with van der Waals surface area (Å²) in [7, 11) is -3.21. The molecule has 1 aromatic heterocycles. The lowest BCUT2D eigenvalue weighted by atomic mass is 9.98. The van der Waals surface area contributed by atoms with Crippen LogP contribution in [-0.2, 0) is 21.9 Å². The third-order valence-corrected chi connectivity index (χ3v) is 6.45. The molecule has 0 saturated carbocycles. The number of aromatic nitrogens is 1. The first-order valence-electron chi connectivity index (χ1n) is 7.73. The number of rotatable bonds is 2. The number of nitrogens with zero attached hydrogens (tertiary/aromatic N) is 2. The molecule has 0 atom stereocenters. The van der Waals surface area contributed by atoms with Crippen molar-refractivity contribution in [1.29, 1.82) is 0 Å². The van der Waals surface area contributed by atoms with Gasteiger partial charge in [-0.1, -0.05) is 26.8 Å². The maximum Gasteiger partial charge on any atom is 0.232 e. The third-order valence-electron chi connectivity index (χ3n) is 4.00. The molecule has 0 saturated heterocycles. The molecular formula is C17H22N2O2S2. The number of benzene rings is 1. The van der Waals surface area contributed by atoms with Crippen molar-refractivity contribution >= 4 is 27.0 Å². The van der Waals surface area contributed by atoms with Gasteiger partial charge in [0, 0.05) is 22.9 Å². The van der Waals surface area contributed by atoms with Gasteiger partial charge in [0.15, 0.2) is 0 Å². The van der Waals surface area contributed by atoms with E-state index < -0.39 is 10.0 Å². The van der Waals surface area contributed by atoms with E-state index in [1.165, 1.54) is 10.6 Å². The van der Waals surface area contributed by atoms with E-state index in [-0.39, 0.29) is 5.41 Å². The molecule has 1 aliphatic heterocycles. The molecule has 1 aliphatic rings. The molecule has 4 nitrogen and oxygen atoms in total. The Kier molecular flexibility index (Phi) is 4.01. The van der Waals surface area contributed by atoms with Gasteiger partial charge in [0.1, 0.15) is 0 Å². The number of anilines is 1. The molecule has 6 heteroatoms. The molecule has 23 heavy (non-hydrogen) atoms. The van der Waals surface area contributed by atoms with Gasteiger partial charge in [0.05, 0.1) is 22.6 Å². The van der Waals surface area contributed by atoms with Gasteiger partial charge in [0.25, 0.3) is 0 Å². The number of hydrogen-bond donors (Lipinski definition) is 0. The number of hydrogen-bond acceptors (Lipinski definition) is 4. The third kappa shape index (κ3) is 3.28. The Morgan fingerprint density at radius 1 is 1.26 bits per heavy atom. The van der Waals surface area contributed by atoms with E-state index in [2.05, 4.69) is 32.2 Å². The van der Waals surface area contributed by atoms with Crippen LogP contribution < -0.4 is 4.31 Å². The molecule has 0 radical (unpaired) electrons. The number of sulfonamides is 1. The predicted octanol–water partition coefficient (Wildman–Crippen LogP) is 3.82. The summed E-state index contributed by atoms with van der Waals surface area (Å²) in [6.45, 7) is 7.04. The molecule has 3 rings (SSSR count). The minimum atomic E-state index is -3.21. The highest BCUT2D eigenvalue weighted by Gasteiger charge is 2.25. The molecule has 1 aromatic carbocycles. The van der Waals surface area contributed by atoms with E-state index in [9.17, 15) is 8.42 Å². The molecule has 0 amide bonds. The molecule has 2 heterocycles. The first-order chi connectivity index (χ1) is 10.7. The van der Waals surface area contributed by atoms with Crippen LogP contribution in [0.4, 0.5) is 5.69 Å². The fraction of sp³-hybridized carbons (Fsp3) is 0.471. The van der Waals surface area contributed by atoms with E-state index in [0.29, 0.717) is 6.54 Å². The Morgan fingerprint density at radius 2 is 2.00 bits per heavy atom.